The van der Waals surface area contributed by atoms with Crippen molar-refractivity contribution in [1.82, 2.24) is 5.32 Å². The summed E-state index contributed by atoms with van der Waals surface area (Å²) in [6, 6.07) is 4.85. The molecule has 0 aromatic heterocycles. The largest absolute Gasteiger partial charge is 0.310 e. The first-order valence-corrected chi connectivity index (χ1v) is 7.18. The Bertz CT molecular complexity index is 407. The van der Waals surface area contributed by atoms with Gasteiger partial charge in [-0.3, -0.25) is 0 Å². The van der Waals surface area contributed by atoms with Crippen molar-refractivity contribution in [3.8, 4) is 0 Å². The Morgan fingerprint density at radius 1 is 1.44 bits per heavy atom. The van der Waals surface area contributed by atoms with Gasteiger partial charge >= 0.3 is 0 Å². The number of hydrogen-bond acceptors (Lipinski definition) is 1. The first kappa shape index (κ1) is 13.8. The van der Waals surface area contributed by atoms with E-state index in [1.54, 1.807) is 12.1 Å². The smallest absolute Gasteiger partial charge is 0.123 e. The summed E-state index contributed by atoms with van der Waals surface area (Å²) in [6.07, 6.45) is 3.66. The van der Waals surface area contributed by atoms with Gasteiger partial charge in [0.15, 0.2) is 0 Å². The fraction of sp³-hybridized carbons (Fsp3) is 0.600. The minimum absolute atomic E-state index is 0.183. The zero-order chi connectivity index (χ0) is 13.1. The van der Waals surface area contributed by atoms with Crippen molar-refractivity contribution in [3.05, 3.63) is 34.6 Å². The molecule has 0 radical (unpaired) electrons. The molecule has 0 aliphatic heterocycles. The molecule has 1 N–H and O–H groups in total. The first-order chi connectivity index (χ1) is 8.61. The molecular formula is C15H21ClFN. The highest BCUT2D eigenvalue weighted by molar-refractivity contribution is 6.31. The third-order valence-corrected chi connectivity index (χ3v) is 4.27. The molecule has 0 amide bonds. The van der Waals surface area contributed by atoms with E-state index in [1.165, 1.54) is 25.3 Å². The van der Waals surface area contributed by atoms with Gasteiger partial charge < -0.3 is 5.32 Å². The molecule has 18 heavy (non-hydrogen) atoms. The standard InChI is InChI=1S/C15H21ClFN/c1-3-18-15(11-5-4-10(2)8-11)13-9-12(17)6-7-14(13)16/h6-7,9-11,15,18H,3-5,8H2,1-2H3. The fourth-order valence-electron chi connectivity index (χ4n) is 3.06. The van der Waals surface area contributed by atoms with Crippen LogP contribution in [0.3, 0.4) is 0 Å². The van der Waals surface area contributed by atoms with E-state index in [0.29, 0.717) is 10.9 Å². The van der Waals surface area contributed by atoms with E-state index in [2.05, 4.69) is 19.2 Å². The second kappa shape index (κ2) is 6.03. The number of rotatable bonds is 4. The lowest BCUT2D eigenvalue weighted by atomic mass is 9.90. The highest BCUT2D eigenvalue weighted by atomic mass is 35.5. The minimum atomic E-state index is -0.205. The molecule has 1 fully saturated rings. The van der Waals surface area contributed by atoms with Crippen LogP contribution in [0.1, 0.15) is 44.7 Å². The molecule has 3 atom stereocenters. The summed E-state index contributed by atoms with van der Waals surface area (Å²) >= 11 is 6.23. The third-order valence-electron chi connectivity index (χ3n) is 3.92. The van der Waals surface area contributed by atoms with Crippen molar-refractivity contribution in [3.63, 3.8) is 0 Å². The van der Waals surface area contributed by atoms with Crippen LogP contribution in [-0.2, 0) is 0 Å². The van der Waals surface area contributed by atoms with Crippen LogP contribution in [0, 0.1) is 17.7 Å². The Morgan fingerprint density at radius 3 is 2.83 bits per heavy atom. The van der Waals surface area contributed by atoms with Gasteiger partial charge in [0.1, 0.15) is 5.82 Å². The number of nitrogens with one attached hydrogen (secondary N) is 1. The van der Waals surface area contributed by atoms with Gasteiger partial charge in [-0.1, -0.05) is 31.9 Å². The summed E-state index contributed by atoms with van der Waals surface area (Å²) < 4.78 is 13.4. The molecular weight excluding hydrogens is 249 g/mol. The molecule has 3 unspecified atom stereocenters. The topological polar surface area (TPSA) is 12.0 Å². The maximum Gasteiger partial charge on any atom is 0.123 e. The van der Waals surface area contributed by atoms with Crippen LogP contribution < -0.4 is 5.32 Å². The summed E-state index contributed by atoms with van der Waals surface area (Å²) in [4.78, 5) is 0. The van der Waals surface area contributed by atoms with Crippen molar-refractivity contribution in [2.45, 2.75) is 39.2 Å². The van der Waals surface area contributed by atoms with Crippen LogP contribution in [0.5, 0.6) is 0 Å². The Morgan fingerprint density at radius 2 is 2.22 bits per heavy atom. The van der Waals surface area contributed by atoms with Gasteiger partial charge in [-0.05, 0) is 55.0 Å². The van der Waals surface area contributed by atoms with Crippen molar-refractivity contribution >= 4 is 11.6 Å². The van der Waals surface area contributed by atoms with E-state index >= 15 is 0 Å². The van der Waals surface area contributed by atoms with Gasteiger partial charge in [-0.25, -0.2) is 4.39 Å². The Balaban J connectivity index is 2.26. The number of halogens is 2. The van der Waals surface area contributed by atoms with E-state index in [-0.39, 0.29) is 11.9 Å². The van der Waals surface area contributed by atoms with Gasteiger partial charge in [0.2, 0.25) is 0 Å². The molecule has 0 spiro atoms. The monoisotopic (exact) mass is 269 g/mol. The van der Waals surface area contributed by atoms with E-state index in [4.69, 9.17) is 11.6 Å². The van der Waals surface area contributed by atoms with Crippen LogP contribution in [0.15, 0.2) is 18.2 Å². The molecule has 0 heterocycles. The lowest BCUT2D eigenvalue weighted by molar-refractivity contribution is 0.364. The average Bonchev–Trinajstić information content (AvgIpc) is 2.76. The predicted molar refractivity (Wildman–Crippen MR) is 74.3 cm³/mol. The van der Waals surface area contributed by atoms with Gasteiger partial charge in [0.25, 0.3) is 0 Å². The first-order valence-electron chi connectivity index (χ1n) is 6.80. The predicted octanol–water partition coefficient (Wildman–Crippen LogP) is 4.57. The molecule has 1 aliphatic rings. The quantitative estimate of drug-likeness (QED) is 0.845. The molecule has 2 rings (SSSR count). The van der Waals surface area contributed by atoms with E-state index in [1.807, 2.05) is 0 Å². The maximum absolute atomic E-state index is 13.4. The van der Waals surface area contributed by atoms with Gasteiger partial charge in [0.05, 0.1) is 0 Å². The van der Waals surface area contributed by atoms with Crippen molar-refractivity contribution in [2.75, 3.05) is 6.54 Å². The van der Waals surface area contributed by atoms with Crippen molar-refractivity contribution in [1.29, 1.82) is 0 Å². The molecule has 100 valence electrons. The average molecular weight is 270 g/mol. The molecule has 0 saturated heterocycles. The molecule has 1 aromatic rings. The summed E-state index contributed by atoms with van der Waals surface area (Å²) in [6.45, 7) is 5.25. The van der Waals surface area contributed by atoms with E-state index < -0.39 is 0 Å². The summed E-state index contributed by atoms with van der Waals surface area (Å²) in [5, 5.41) is 4.15. The number of benzene rings is 1. The van der Waals surface area contributed by atoms with Crippen LogP contribution >= 0.6 is 11.6 Å². The zero-order valence-corrected chi connectivity index (χ0v) is 11.8. The molecule has 1 aromatic carbocycles. The van der Waals surface area contributed by atoms with Crippen molar-refractivity contribution in [2.24, 2.45) is 11.8 Å². The Kier molecular flexibility index (Phi) is 4.63. The Labute approximate surface area is 114 Å². The normalized spacial score (nSPS) is 25.3. The zero-order valence-electron chi connectivity index (χ0n) is 11.0. The van der Waals surface area contributed by atoms with Gasteiger partial charge in [-0.15, -0.1) is 0 Å². The van der Waals surface area contributed by atoms with Gasteiger partial charge in [0, 0.05) is 11.1 Å². The minimum Gasteiger partial charge on any atom is -0.310 e. The molecule has 1 aliphatic carbocycles. The molecule has 1 nitrogen and oxygen atoms in total. The molecule has 3 heteroatoms. The second-order valence-corrected chi connectivity index (χ2v) is 5.79. The SMILES string of the molecule is CCNC(c1cc(F)ccc1Cl)C1CCC(C)C1. The third kappa shape index (κ3) is 3.04. The maximum atomic E-state index is 13.4. The van der Waals surface area contributed by atoms with Crippen LogP contribution in [0.4, 0.5) is 4.39 Å². The lowest BCUT2D eigenvalue weighted by Gasteiger charge is -2.26. The van der Waals surface area contributed by atoms with Crippen molar-refractivity contribution < 1.29 is 4.39 Å². The van der Waals surface area contributed by atoms with Gasteiger partial charge in [-0.2, -0.15) is 0 Å². The summed E-state index contributed by atoms with van der Waals surface area (Å²) in [5.41, 5.74) is 0.914. The second-order valence-electron chi connectivity index (χ2n) is 5.38. The van der Waals surface area contributed by atoms with E-state index in [9.17, 15) is 4.39 Å². The van der Waals surface area contributed by atoms with Crippen LogP contribution in [-0.4, -0.2) is 6.54 Å². The number of hydrogen-bond donors (Lipinski definition) is 1. The summed E-state index contributed by atoms with van der Waals surface area (Å²) in [5.74, 6) is 1.13. The molecule has 1 saturated carbocycles. The fourth-order valence-corrected chi connectivity index (χ4v) is 3.29. The lowest BCUT2D eigenvalue weighted by Crippen LogP contribution is -2.27. The summed E-state index contributed by atoms with van der Waals surface area (Å²) in [7, 11) is 0. The Hall–Kier alpha value is -0.600. The van der Waals surface area contributed by atoms with Crippen LogP contribution in [0.25, 0.3) is 0 Å². The van der Waals surface area contributed by atoms with Crippen LogP contribution in [0.2, 0.25) is 5.02 Å². The highest BCUT2D eigenvalue weighted by Crippen LogP contribution is 2.40. The molecule has 0 bridgehead atoms. The van der Waals surface area contributed by atoms with E-state index in [0.717, 1.165) is 18.0 Å². The highest BCUT2D eigenvalue weighted by Gasteiger charge is 2.30.